The summed E-state index contributed by atoms with van der Waals surface area (Å²) >= 11 is 0. The molecule has 0 aliphatic carbocycles. The quantitative estimate of drug-likeness (QED) is 0.686. The van der Waals surface area contributed by atoms with E-state index in [-0.39, 0.29) is 0 Å². The van der Waals surface area contributed by atoms with E-state index in [0.29, 0.717) is 32.4 Å². The average Bonchev–Trinajstić information content (AvgIpc) is 2.45. The lowest BCUT2D eigenvalue weighted by Crippen LogP contribution is -2.51. The van der Waals surface area contributed by atoms with Crippen LogP contribution in [0.5, 0.6) is 5.75 Å². The van der Waals surface area contributed by atoms with Crippen molar-refractivity contribution in [1.29, 1.82) is 0 Å². The SMILES string of the molecule is CCNC(CC)(CCCOc1ccc(C)c(C)c1)C(=O)O. The third kappa shape index (κ3) is 4.74. The summed E-state index contributed by atoms with van der Waals surface area (Å²) in [5.41, 5.74) is 1.61. The molecule has 0 saturated heterocycles. The predicted molar refractivity (Wildman–Crippen MR) is 85.0 cm³/mol. The van der Waals surface area contributed by atoms with Gasteiger partial charge in [-0.15, -0.1) is 0 Å². The van der Waals surface area contributed by atoms with Crippen LogP contribution in [-0.4, -0.2) is 29.8 Å². The minimum atomic E-state index is -0.832. The number of carboxylic acids is 1. The van der Waals surface area contributed by atoms with Crippen molar-refractivity contribution in [1.82, 2.24) is 5.32 Å². The fourth-order valence-corrected chi connectivity index (χ4v) is 2.43. The van der Waals surface area contributed by atoms with Crippen molar-refractivity contribution in [3.05, 3.63) is 29.3 Å². The van der Waals surface area contributed by atoms with E-state index in [1.54, 1.807) is 0 Å². The van der Waals surface area contributed by atoms with E-state index in [9.17, 15) is 9.90 Å². The molecular formula is C17H27NO3. The molecule has 21 heavy (non-hydrogen) atoms. The Morgan fingerprint density at radius 3 is 2.52 bits per heavy atom. The molecule has 1 rings (SSSR count). The number of benzene rings is 1. The highest BCUT2D eigenvalue weighted by atomic mass is 16.5. The average molecular weight is 293 g/mol. The molecule has 0 radical (unpaired) electrons. The number of carbonyl (C=O) groups is 1. The molecule has 1 atom stereocenters. The second-order valence-corrected chi connectivity index (χ2v) is 5.47. The Morgan fingerprint density at radius 1 is 1.29 bits per heavy atom. The lowest BCUT2D eigenvalue weighted by atomic mass is 9.90. The fourth-order valence-electron chi connectivity index (χ4n) is 2.43. The van der Waals surface area contributed by atoms with Crippen LogP contribution in [0.15, 0.2) is 18.2 Å². The summed E-state index contributed by atoms with van der Waals surface area (Å²) in [5.74, 6) is 0.0667. The van der Waals surface area contributed by atoms with Crippen molar-refractivity contribution in [3.63, 3.8) is 0 Å². The van der Waals surface area contributed by atoms with E-state index in [4.69, 9.17) is 4.74 Å². The smallest absolute Gasteiger partial charge is 0.323 e. The van der Waals surface area contributed by atoms with Crippen molar-refractivity contribution in [3.8, 4) is 5.75 Å². The summed E-state index contributed by atoms with van der Waals surface area (Å²) in [6.07, 6.45) is 1.84. The first kappa shape index (κ1) is 17.5. The third-order valence-corrected chi connectivity index (χ3v) is 4.02. The van der Waals surface area contributed by atoms with Crippen LogP contribution >= 0.6 is 0 Å². The molecule has 0 amide bonds. The number of rotatable bonds is 9. The van der Waals surface area contributed by atoms with Gasteiger partial charge in [0, 0.05) is 0 Å². The minimum Gasteiger partial charge on any atom is -0.494 e. The number of likely N-dealkylation sites (N-methyl/N-ethyl adjacent to an activating group) is 1. The normalized spacial score (nSPS) is 13.7. The lowest BCUT2D eigenvalue weighted by Gasteiger charge is -2.29. The molecule has 1 aromatic carbocycles. The van der Waals surface area contributed by atoms with E-state index in [2.05, 4.69) is 19.2 Å². The largest absolute Gasteiger partial charge is 0.494 e. The summed E-state index contributed by atoms with van der Waals surface area (Å²) in [4.78, 5) is 11.5. The van der Waals surface area contributed by atoms with Gasteiger partial charge in [0.15, 0.2) is 0 Å². The fraction of sp³-hybridized carbons (Fsp3) is 0.588. The first-order chi connectivity index (χ1) is 9.95. The van der Waals surface area contributed by atoms with E-state index in [1.807, 2.05) is 32.0 Å². The van der Waals surface area contributed by atoms with Crippen LogP contribution in [-0.2, 0) is 4.79 Å². The molecule has 4 heteroatoms. The molecule has 0 bridgehead atoms. The molecule has 118 valence electrons. The van der Waals surface area contributed by atoms with E-state index in [1.165, 1.54) is 11.1 Å². The van der Waals surface area contributed by atoms with Gasteiger partial charge in [-0.25, -0.2) is 0 Å². The molecule has 1 aromatic rings. The number of hydrogen-bond donors (Lipinski definition) is 2. The number of hydrogen-bond acceptors (Lipinski definition) is 3. The number of nitrogens with one attached hydrogen (secondary N) is 1. The van der Waals surface area contributed by atoms with E-state index in [0.717, 1.165) is 5.75 Å². The minimum absolute atomic E-state index is 0.531. The summed E-state index contributed by atoms with van der Waals surface area (Å²) in [6.45, 7) is 9.14. The maximum Gasteiger partial charge on any atom is 0.323 e. The van der Waals surface area contributed by atoms with Gasteiger partial charge in [-0.2, -0.15) is 0 Å². The van der Waals surface area contributed by atoms with Gasteiger partial charge in [0.05, 0.1) is 6.61 Å². The maximum absolute atomic E-state index is 11.5. The summed E-state index contributed by atoms with van der Waals surface area (Å²) in [5, 5.41) is 12.5. The van der Waals surface area contributed by atoms with Gasteiger partial charge in [-0.05, 0) is 62.9 Å². The zero-order valence-corrected chi connectivity index (χ0v) is 13.5. The second-order valence-electron chi connectivity index (χ2n) is 5.47. The highest BCUT2D eigenvalue weighted by Gasteiger charge is 2.34. The third-order valence-electron chi connectivity index (χ3n) is 4.02. The Balaban J connectivity index is 2.51. The van der Waals surface area contributed by atoms with Gasteiger partial charge in [-0.3, -0.25) is 4.79 Å². The lowest BCUT2D eigenvalue weighted by molar-refractivity contribution is -0.145. The Hall–Kier alpha value is -1.55. The summed E-state index contributed by atoms with van der Waals surface area (Å²) in [6, 6.07) is 6.01. The number of carboxylic acid groups (broad SMARTS) is 1. The predicted octanol–water partition coefficient (Wildman–Crippen LogP) is 3.31. The first-order valence-corrected chi connectivity index (χ1v) is 7.63. The zero-order valence-electron chi connectivity index (χ0n) is 13.5. The van der Waals surface area contributed by atoms with Crippen molar-refractivity contribution < 1.29 is 14.6 Å². The highest BCUT2D eigenvalue weighted by molar-refractivity contribution is 5.78. The molecule has 0 spiro atoms. The Bertz CT molecular complexity index is 473. The van der Waals surface area contributed by atoms with Crippen LogP contribution in [0.3, 0.4) is 0 Å². The van der Waals surface area contributed by atoms with Gasteiger partial charge in [-0.1, -0.05) is 19.9 Å². The van der Waals surface area contributed by atoms with Crippen LogP contribution in [0.1, 0.15) is 44.2 Å². The van der Waals surface area contributed by atoms with Gasteiger partial charge < -0.3 is 15.2 Å². The maximum atomic E-state index is 11.5. The monoisotopic (exact) mass is 293 g/mol. The molecule has 0 fully saturated rings. The molecule has 2 N–H and O–H groups in total. The second kappa shape index (κ2) is 8.03. The zero-order chi connectivity index (χ0) is 15.9. The number of aliphatic carboxylic acids is 1. The van der Waals surface area contributed by atoms with Crippen molar-refractivity contribution in [2.75, 3.05) is 13.2 Å². The van der Waals surface area contributed by atoms with Crippen molar-refractivity contribution in [2.24, 2.45) is 0 Å². The Morgan fingerprint density at radius 2 is 2.00 bits per heavy atom. The Kier molecular flexibility index (Phi) is 6.69. The van der Waals surface area contributed by atoms with Crippen molar-refractivity contribution in [2.45, 2.75) is 52.5 Å². The van der Waals surface area contributed by atoms with Gasteiger partial charge in [0.2, 0.25) is 0 Å². The summed E-state index contributed by atoms with van der Waals surface area (Å²) in [7, 11) is 0. The molecule has 0 heterocycles. The van der Waals surface area contributed by atoms with Gasteiger partial charge >= 0.3 is 5.97 Å². The molecule has 0 aliphatic heterocycles. The highest BCUT2D eigenvalue weighted by Crippen LogP contribution is 2.20. The molecule has 0 aliphatic rings. The van der Waals surface area contributed by atoms with E-state index < -0.39 is 11.5 Å². The topological polar surface area (TPSA) is 58.6 Å². The van der Waals surface area contributed by atoms with Crippen molar-refractivity contribution >= 4 is 5.97 Å². The van der Waals surface area contributed by atoms with E-state index >= 15 is 0 Å². The van der Waals surface area contributed by atoms with Crippen LogP contribution in [0.4, 0.5) is 0 Å². The van der Waals surface area contributed by atoms with Crippen LogP contribution in [0, 0.1) is 13.8 Å². The summed E-state index contributed by atoms with van der Waals surface area (Å²) < 4.78 is 5.72. The molecule has 4 nitrogen and oxygen atoms in total. The number of aryl methyl sites for hydroxylation is 2. The molecule has 0 aromatic heterocycles. The van der Waals surface area contributed by atoms with Crippen LogP contribution in [0.2, 0.25) is 0 Å². The molecule has 1 unspecified atom stereocenters. The molecule has 0 saturated carbocycles. The first-order valence-electron chi connectivity index (χ1n) is 7.63. The standard InChI is InChI=1S/C17H27NO3/c1-5-17(16(19)20,18-6-2)10-7-11-21-15-9-8-13(3)14(4)12-15/h8-9,12,18H,5-7,10-11H2,1-4H3,(H,19,20). The molecular weight excluding hydrogens is 266 g/mol. The van der Waals surface area contributed by atoms with Crippen LogP contribution in [0.25, 0.3) is 0 Å². The van der Waals surface area contributed by atoms with Crippen LogP contribution < -0.4 is 10.1 Å². The number of ether oxygens (including phenoxy) is 1. The van der Waals surface area contributed by atoms with Gasteiger partial charge in [0.25, 0.3) is 0 Å². The Labute approximate surface area is 127 Å². The van der Waals surface area contributed by atoms with Gasteiger partial charge in [0.1, 0.15) is 11.3 Å².